The highest BCUT2D eigenvalue weighted by Crippen LogP contribution is 2.34. The number of ketones is 1. The molecule has 0 unspecified atom stereocenters. The van der Waals surface area contributed by atoms with Crippen molar-refractivity contribution in [3.8, 4) is 11.1 Å². The van der Waals surface area contributed by atoms with E-state index in [-0.39, 0.29) is 5.78 Å². The molecule has 2 aromatic carbocycles. The molecular formula is C16H12OS. The predicted molar refractivity (Wildman–Crippen MR) is 77.3 cm³/mol. The summed E-state index contributed by atoms with van der Waals surface area (Å²) >= 11 is 1.72. The van der Waals surface area contributed by atoms with Crippen molar-refractivity contribution < 1.29 is 4.79 Å². The second-order valence-corrected chi connectivity index (χ2v) is 5.16. The molecule has 3 aromatic rings. The molecule has 0 bridgehead atoms. The maximum atomic E-state index is 11.7. The molecule has 0 amide bonds. The molecule has 0 N–H and O–H groups in total. The van der Waals surface area contributed by atoms with Crippen molar-refractivity contribution in [1.82, 2.24) is 0 Å². The average Bonchev–Trinajstić information content (AvgIpc) is 2.86. The minimum Gasteiger partial charge on any atom is -0.294 e. The van der Waals surface area contributed by atoms with Crippen molar-refractivity contribution in [3.63, 3.8) is 0 Å². The minimum absolute atomic E-state index is 0.110. The van der Waals surface area contributed by atoms with Gasteiger partial charge >= 0.3 is 0 Å². The highest BCUT2D eigenvalue weighted by molar-refractivity contribution is 7.17. The number of carbonyl (C=O) groups is 1. The molecule has 3 rings (SSSR count). The van der Waals surface area contributed by atoms with Crippen molar-refractivity contribution in [2.24, 2.45) is 0 Å². The smallest absolute Gasteiger partial charge is 0.160 e. The van der Waals surface area contributed by atoms with Crippen LogP contribution >= 0.6 is 11.3 Å². The second-order valence-electron chi connectivity index (χ2n) is 4.25. The molecular weight excluding hydrogens is 240 g/mol. The van der Waals surface area contributed by atoms with Crippen LogP contribution in [0.2, 0.25) is 0 Å². The zero-order chi connectivity index (χ0) is 12.5. The van der Waals surface area contributed by atoms with Gasteiger partial charge in [0.25, 0.3) is 0 Å². The summed E-state index contributed by atoms with van der Waals surface area (Å²) in [7, 11) is 0. The van der Waals surface area contributed by atoms with Gasteiger partial charge in [0.15, 0.2) is 5.78 Å². The summed E-state index contributed by atoms with van der Waals surface area (Å²) in [4.78, 5) is 11.7. The Kier molecular flexibility index (Phi) is 2.73. The number of Topliss-reactive ketones (excluding diaryl/α,β-unsaturated/α-hetero) is 1. The van der Waals surface area contributed by atoms with Crippen LogP contribution in [0.4, 0.5) is 0 Å². The zero-order valence-electron chi connectivity index (χ0n) is 10.0. The monoisotopic (exact) mass is 252 g/mol. The van der Waals surface area contributed by atoms with Crippen molar-refractivity contribution in [2.45, 2.75) is 6.92 Å². The third-order valence-electron chi connectivity index (χ3n) is 3.08. The first-order valence-corrected chi connectivity index (χ1v) is 6.72. The van der Waals surface area contributed by atoms with Crippen LogP contribution < -0.4 is 0 Å². The lowest BCUT2D eigenvalue weighted by molar-refractivity contribution is 0.101. The molecule has 0 saturated carbocycles. The average molecular weight is 252 g/mol. The van der Waals surface area contributed by atoms with E-state index in [1.807, 2.05) is 30.3 Å². The van der Waals surface area contributed by atoms with Crippen molar-refractivity contribution in [1.29, 1.82) is 0 Å². The maximum absolute atomic E-state index is 11.7. The van der Waals surface area contributed by atoms with Gasteiger partial charge < -0.3 is 0 Å². The van der Waals surface area contributed by atoms with E-state index in [1.165, 1.54) is 10.1 Å². The number of benzene rings is 2. The van der Waals surface area contributed by atoms with Gasteiger partial charge in [-0.05, 0) is 29.3 Å². The van der Waals surface area contributed by atoms with E-state index in [2.05, 4.69) is 23.6 Å². The first-order valence-electron chi connectivity index (χ1n) is 5.84. The molecule has 1 aromatic heterocycles. The third-order valence-corrected chi connectivity index (χ3v) is 4.04. The lowest BCUT2D eigenvalue weighted by Gasteiger charge is -2.08. The fourth-order valence-electron chi connectivity index (χ4n) is 2.23. The van der Waals surface area contributed by atoms with Crippen LogP contribution in [0.5, 0.6) is 0 Å². The third kappa shape index (κ3) is 1.75. The van der Waals surface area contributed by atoms with Crippen LogP contribution in [0, 0.1) is 0 Å². The van der Waals surface area contributed by atoms with E-state index in [0.29, 0.717) is 0 Å². The molecule has 2 heteroatoms. The number of carbonyl (C=O) groups excluding carboxylic acids is 1. The van der Waals surface area contributed by atoms with E-state index >= 15 is 0 Å². The SMILES string of the molecule is CC(=O)c1ccccc1-c1cccc2ccsc12. The topological polar surface area (TPSA) is 17.1 Å². The number of rotatable bonds is 2. The Morgan fingerprint density at radius 1 is 0.944 bits per heavy atom. The molecule has 0 radical (unpaired) electrons. The molecule has 88 valence electrons. The summed E-state index contributed by atoms with van der Waals surface area (Å²) in [6.07, 6.45) is 0. The Hall–Kier alpha value is -1.93. The van der Waals surface area contributed by atoms with Crippen LogP contribution in [0.15, 0.2) is 53.9 Å². The van der Waals surface area contributed by atoms with Gasteiger partial charge in [-0.2, -0.15) is 0 Å². The number of hydrogen-bond donors (Lipinski definition) is 0. The lowest BCUT2D eigenvalue weighted by Crippen LogP contribution is -1.95. The molecule has 0 atom stereocenters. The Labute approximate surface area is 110 Å². The van der Waals surface area contributed by atoms with E-state index in [4.69, 9.17) is 0 Å². The van der Waals surface area contributed by atoms with Crippen LogP contribution in [-0.4, -0.2) is 5.78 Å². The summed E-state index contributed by atoms with van der Waals surface area (Å²) < 4.78 is 1.24. The molecule has 18 heavy (non-hydrogen) atoms. The van der Waals surface area contributed by atoms with Gasteiger partial charge in [0.1, 0.15) is 0 Å². The molecule has 0 aliphatic carbocycles. The highest BCUT2D eigenvalue weighted by Gasteiger charge is 2.11. The highest BCUT2D eigenvalue weighted by atomic mass is 32.1. The Balaban J connectivity index is 2.33. The fraction of sp³-hybridized carbons (Fsp3) is 0.0625. The van der Waals surface area contributed by atoms with Gasteiger partial charge in [0.2, 0.25) is 0 Å². The summed E-state index contributed by atoms with van der Waals surface area (Å²) in [5.41, 5.74) is 2.96. The molecule has 0 aliphatic heterocycles. The summed E-state index contributed by atoms with van der Waals surface area (Å²) in [6, 6.07) is 16.1. The number of hydrogen-bond acceptors (Lipinski definition) is 2. The Morgan fingerprint density at radius 3 is 2.56 bits per heavy atom. The first-order chi connectivity index (χ1) is 8.77. The van der Waals surface area contributed by atoms with Crippen molar-refractivity contribution in [2.75, 3.05) is 0 Å². The van der Waals surface area contributed by atoms with E-state index < -0.39 is 0 Å². The predicted octanol–water partition coefficient (Wildman–Crippen LogP) is 4.77. The van der Waals surface area contributed by atoms with Crippen LogP contribution in [-0.2, 0) is 0 Å². The van der Waals surface area contributed by atoms with Gasteiger partial charge in [0, 0.05) is 15.8 Å². The first kappa shape index (κ1) is 11.2. The number of fused-ring (bicyclic) bond motifs is 1. The lowest BCUT2D eigenvalue weighted by atomic mass is 9.97. The molecule has 1 nitrogen and oxygen atoms in total. The summed E-state index contributed by atoms with van der Waals surface area (Å²) in [6.45, 7) is 1.62. The van der Waals surface area contributed by atoms with Crippen LogP contribution in [0.25, 0.3) is 21.2 Å². The van der Waals surface area contributed by atoms with Gasteiger partial charge in [-0.1, -0.05) is 42.5 Å². The molecule has 0 saturated heterocycles. The van der Waals surface area contributed by atoms with Gasteiger partial charge in [-0.25, -0.2) is 0 Å². The van der Waals surface area contributed by atoms with Crippen LogP contribution in [0.3, 0.4) is 0 Å². The maximum Gasteiger partial charge on any atom is 0.160 e. The summed E-state index contributed by atoms with van der Waals surface area (Å²) in [5, 5.41) is 3.32. The summed E-state index contributed by atoms with van der Waals surface area (Å²) in [5.74, 6) is 0.110. The van der Waals surface area contributed by atoms with Crippen molar-refractivity contribution >= 4 is 27.2 Å². The normalized spacial score (nSPS) is 10.7. The molecule has 0 spiro atoms. The van der Waals surface area contributed by atoms with Crippen LogP contribution in [0.1, 0.15) is 17.3 Å². The molecule has 0 fully saturated rings. The standard InChI is InChI=1S/C16H12OS/c1-11(17)13-6-2-3-7-14(13)15-8-4-5-12-9-10-18-16(12)15/h2-10H,1H3. The van der Waals surface area contributed by atoms with E-state index in [0.717, 1.165) is 16.7 Å². The van der Waals surface area contributed by atoms with E-state index in [1.54, 1.807) is 18.3 Å². The quantitative estimate of drug-likeness (QED) is 0.600. The number of thiophene rings is 1. The Bertz CT molecular complexity index is 725. The molecule has 0 aliphatic rings. The zero-order valence-corrected chi connectivity index (χ0v) is 10.8. The van der Waals surface area contributed by atoms with Gasteiger partial charge in [-0.15, -0.1) is 11.3 Å². The Morgan fingerprint density at radius 2 is 1.72 bits per heavy atom. The molecule has 1 heterocycles. The minimum atomic E-state index is 0.110. The van der Waals surface area contributed by atoms with Gasteiger partial charge in [-0.3, -0.25) is 4.79 Å². The fourth-order valence-corrected chi connectivity index (χ4v) is 3.16. The van der Waals surface area contributed by atoms with E-state index in [9.17, 15) is 4.79 Å². The largest absolute Gasteiger partial charge is 0.294 e. The second kappa shape index (κ2) is 4.39. The van der Waals surface area contributed by atoms with Gasteiger partial charge in [0.05, 0.1) is 0 Å². The van der Waals surface area contributed by atoms with Crippen molar-refractivity contribution in [3.05, 3.63) is 59.5 Å².